The van der Waals surface area contributed by atoms with Crippen molar-refractivity contribution in [2.45, 2.75) is 13.3 Å². The van der Waals surface area contributed by atoms with Gasteiger partial charge in [0.05, 0.1) is 0 Å². The maximum absolute atomic E-state index is 11.3. The first-order chi connectivity index (χ1) is 9.63. The van der Waals surface area contributed by atoms with Gasteiger partial charge in [-0.2, -0.15) is 9.98 Å². The molecule has 0 fully saturated rings. The Kier molecular flexibility index (Phi) is 2.98. The van der Waals surface area contributed by atoms with Crippen LogP contribution in [0.15, 0.2) is 35.3 Å². The zero-order valence-electron chi connectivity index (χ0n) is 11.1. The van der Waals surface area contributed by atoms with Gasteiger partial charge in [0.15, 0.2) is 0 Å². The second-order valence-electron chi connectivity index (χ2n) is 4.65. The number of rotatable bonds is 1. The van der Waals surface area contributed by atoms with Gasteiger partial charge in [0.25, 0.3) is 11.8 Å². The predicted octanol–water partition coefficient (Wildman–Crippen LogP) is 1.94. The van der Waals surface area contributed by atoms with E-state index in [0.717, 1.165) is 18.7 Å². The van der Waals surface area contributed by atoms with Crippen LogP contribution in [0.5, 0.6) is 5.88 Å². The minimum atomic E-state index is -0.356. The summed E-state index contributed by atoms with van der Waals surface area (Å²) in [4.78, 5) is 13.9. The van der Waals surface area contributed by atoms with Gasteiger partial charge in [0.2, 0.25) is 5.96 Å². The van der Waals surface area contributed by atoms with Crippen molar-refractivity contribution in [3.8, 4) is 5.88 Å². The fourth-order valence-electron chi connectivity index (χ4n) is 2.31. The average Bonchev–Trinajstić information content (AvgIpc) is 2.81. The Labute approximate surface area is 116 Å². The average molecular weight is 268 g/mol. The number of aromatic nitrogens is 2. The molecule has 1 aromatic carbocycles. The standard InChI is InChI=1S/C14H14N5O/c1-9-8-12(20)17-14(16-9)18-13(15)19-7-6-10-4-2-3-5-11(10)19/h2-5,8H,6-7H2,1H3,(H2,15,16,17,18). The number of anilines is 1. The van der Waals surface area contributed by atoms with Crippen LogP contribution in [0, 0.1) is 6.92 Å². The highest BCUT2D eigenvalue weighted by molar-refractivity contribution is 5.97. The molecule has 0 spiro atoms. The molecule has 0 saturated carbocycles. The maximum Gasteiger partial charge on any atom is 0.274 e. The maximum atomic E-state index is 11.3. The van der Waals surface area contributed by atoms with Gasteiger partial charge >= 0.3 is 0 Å². The Morgan fingerprint density at radius 2 is 2.15 bits per heavy atom. The Bertz CT molecular complexity index is 663. The second kappa shape index (κ2) is 4.80. The molecule has 0 unspecified atom stereocenters. The van der Waals surface area contributed by atoms with E-state index in [4.69, 9.17) is 5.73 Å². The summed E-state index contributed by atoms with van der Waals surface area (Å²) in [7, 11) is 0. The summed E-state index contributed by atoms with van der Waals surface area (Å²) >= 11 is 0. The highest BCUT2D eigenvalue weighted by Gasteiger charge is 2.21. The van der Waals surface area contributed by atoms with Crippen molar-refractivity contribution in [2.24, 2.45) is 10.7 Å². The summed E-state index contributed by atoms with van der Waals surface area (Å²) in [5.41, 5.74) is 8.88. The molecule has 1 aliphatic rings. The molecule has 6 heteroatoms. The molecule has 1 aliphatic heterocycles. The number of nitrogens with two attached hydrogens (primary N) is 1. The topological polar surface area (TPSA) is 87.3 Å². The highest BCUT2D eigenvalue weighted by atomic mass is 16.3. The molecule has 0 bridgehead atoms. The van der Waals surface area contributed by atoms with E-state index in [9.17, 15) is 5.11 Å². The zero-order valence-corrected chi connectivity index (χ0v) is 11.1. The monoisotopic (exact) mass is 268 g/mol. The van der Waals surface area contributed by atoms with Crippen LogP contribution in [0.1, 0.15) is 11.3 Å². The van der Waals surface area contributed by atoms with Crippen molar-refractivity contribution >= 4 is 17.6 Å². The number of hydrogen-bond acceptors (Lipinski definition) is 3. The SMILES string of the molecule is Cc1cc([O])nc(N=C(N)N2CCc3ccccc32)n1. The lowest BCUT2D eigenvalue weighted by Gasteiger charge is -2.17. The summed E-state index contributed by atoms with van der Waals surface area (Å²) in [6.45, 7) is 2.49. The lowest BCUT2D eigenvalue weighted by Crippen LogP contribution is -2.35. The molecule has 0 amide bonds. The van der Waals surface area contributed by atoms with Crippen molar-refractivity contribution in [3.63, 3.8) is 0 Å². The van der Waals surface area contributed by atoms with E-state index in [1.807, 2.05) is 23.1 Å². The summed E-state index contributed by atoms with van der Waals surface area (Å²) in [5, 5.41) is 11.3. The van der Waals surface area contributed by atoms with Crippen LogP contribution < -0.4 is 10.6 Å². The lowest BCUT2D eigenvalue weighted by atomic mass is 10.2. The van der Waals surface area contributed by atoms with Gasteiger partial charge in [-0.1, -0.05) is 18.2 Å². The number of guanidine groups is 1. The number of aliphatic imine (C=N–C) groups is 1. The molecule has 1 aromatic heterocycles. The molecule has 2 aromatic rings. The van der Waals surface area contributed by atoms with Crippen molar-refractivity contribution < 1.29 is 5.11 Å². The van der Waals surface area contributed by atoms with E-state index in [0.29, 0.717) is 11.7 Å². The van der Waals surface area contributed by atoms with E-state index < -0.39 is 0 Å². The molecule has 20 heavy (non-hydrogen) atoms. The lowest BCUT2D eigenvalue weighted by molar-refractivity contribution is 0.336. The molecule has 2 heterocycles. The van der Waals surface area contributed by atoms with Gasteiger partial charge in [0.1, 0.15) is 0 Å². The van der Waals surface area contributed by atoms with Gasteiger partial charge < -0.3 is 10.6 Å². The molecule has 1 radical (unpaired) electrons. The first-order valence-corrected chi connectivity index (χ1v) is 6.36. The van der Waals surface area contributed by atoms with E-state index >= 15 is 0 Å². The highest BCUT2D eigenvalue weighted by Crippen LogP contribution is 2.27. The Morgan fingerprint density at radius 3 is 2.95 bits per heavy atom. The molecule has 0 aliphatic carbocycles. The molecule has 101 valence electrons. The number of para-hydroxylation sites is 1. The van der Waals surface area contributed by atoms with Gasteiger partial charge in [0, 0.05) is 24.0 Å². The summed E-state index contributed by atoms with van der Waals surface area (Å²) < 4.78 is 0. The fraction of sp³-hybridized carbons (Fsp3) is 0.214. The third-order valence-electron chi connectivity index (χ3n) is 3.20. The number of hydrogen-bond donors (Lipinski definition) is 1. The van der Waals surface area contributed by atoms with Crippen LogP contribution in [0.3, 0.4) is 0 Å². The quantitative estimate of drug-likeness (QED) is 0.632. The fourth-order valence-corrected chi connectivity index (χ4v) is 2.31. The first kappa shape index (κ1) is 12.4. The minimum Gasteiger partial charge on any atom is -0.369 e. The molecule has 3 rings (SSSR count). The van der Waals surface area contributed by atoms with Crippen molar-refractivity contribution in [3.05, 3.63) is 41.6 Å². The van der Waals surface area contributed by atoms with Gasteiger partial charge in [-0.3, -0.25) is 5.11 Å². The van der Waals surface area contributed by atoms with Crippen LogP contribution in [-0.2, 0) is 11.5 Å². The number of benzene rings is 1. The molecular formula is C14H14N5O. The third-order valence-corrected chi connectivity index (χ3v) is 3.20. The Balaban J connectivity index is 1.93. The Hall–Kier alpha value is -2.63. The summed E-state index contributed by atoms with van der Waals surface area (Å²) in [6, 6.07) is 9.40. The second-order valence-corrected chi connectivity index (χ2v) is 4.65. The summed E-state index contributed by atoms with van der Waals surface area (Å²) in [5.74, 6) is 0.0581. The molecule has 0 saturated heterocycles. The van der Waals surface area contributed by atoms with Crippen LogP contribution >= 0.6 is 0 Å². The number of fused-ring (bicyclic) bond motifs is 1. The summed E-state index contributed by atoms with van der Waals surface area (Å²) in [6.07, 6.45) is 0.924. The number of nitrogens with zero attached hydrogens (tertiary/aromatic N) is 4. The largest absolute Gasteiger partial charge is 0.369 e. The molecule has 0 atom stereocenters. The van der Waals surface area contributed by atoms with Crippen LogP contribution in [0.4, 0.5) is 11.6 Å². The van der Waals surface area contributed by atoms with Crippen LogP contribution in [-0.4, -0.2) is 22.5 Å². The normalized spacial score (nSPS) is 14.4. The van der Waals surface area contributed by atoms with E-state index in [1.54, 1.807) is 6.92 Å². The first-order valence-electron chi connectivity index (χ1n) is 6.36. The van der Waals surface area contributed by atoms with Crippen molar-refractivity contribution in [1.82, 2.24) is 9.97 Å². The third kappa shape index (κ3) is 2.27. The van der Waals surface area contributed by atoms with Crippen LogP contribution in [0.2, 0.25) is 0 Å². The van der Waals surface area contributed by atoms with E-state index in [2.05, 4.69) is 21.0 Å². The smallest absolute Gasteiger partial charge is 0.274 e. The van der Waals surface area contributed by atoms with Gasteiger partial charge in [-0.15, -0.1) is 0 Å². The van der Waals surface area contributed by atoms with Crippen LogP contribution in [0.25, 0.3) is 0 Å². The van der Waals surface area contributed by atoms with Gasteiger partial charge in [-0.25, -0.2) is 4.98 Å². The van der Waals surface area contributed by atoms with Crippen molar-refractivity contribution in [2.75, 3.05) is 11.4 Å². The molecular weight excluding hydrogens is 254 g/mol. The zero-order chi connectivity index (χ0) is 14.1. The minimum absolute atomic E-state index is 0.108. The Morgan fingerprint density at radius 1 is 1.35 bits per heavy atom. The van der Waals surface area contributed by atoms with Crippen molar-refractivity contribution in [1.29, 1.82) is 0 Å². The predicted molar refractivity (Wildman–Crippen MR) is 75.7 cm³/mol. The van der Waals surface area contributed by atoms with Gasteiger partial charge in [-0.05, 0) is 25.0 Å². The van der Waals surface area contributed by atoms with E-state index in [1.165, 1.54) is 11.6 Å². The molecule has 6 nitrogen and oxygen atoms in total. The molecule has 2 N–H and O–H groups in total. The van der Waals surface area contributed by atoms with E-state index in [-0.39, 0.29) is 11.8 Å². The number of aryl methyl sites for hydroxylation is 1.